The zero-order chi connectivity index (χ0) is 27.0. The van der Waals surface area contributed by atoms with E-state index in [1.165, 1.54) is 0 Å². The Bertz CT molecular complexity index is 578. The Hall–Kier alpha value is -1.13. The molecule has 0 aliphatic rings. The smallest absolute Gasteiger partial charge is 0.481 e. The van der Waals surface area contributed by atoms with Crippen molar-refractivity contribution in [1.29, 1.82) is 0 Å². The number of carboxylic acid groups (broad SMARTS) is 2. The molecule has 0 aliphatic heterocycles. The number of aliphatic carboxylic acids is 2. The van der Waals surface area contributed by atoms with Crippen molar-refractivity contribution in [3.8, 4) is 0 Å². The fourth-order valence-electron chi connectivity index (χ4n) is 4.19. The van der Waals surface area contributed by atoms with Gasteiger partial charge in [-0.25, -0.2) is 4.79 Å². The summed E-state index contributed by atoms with van der Waals surface area (Å²) in [6.45, 7) is 17.1. The molecule has 0 aromatic heterocycles. The average molecular weight is 539 g/mol. The Morgan fingerprint density at radius 3 is 1.14 bits per heavy atom. The standard InChI is InChI=1S/C23H46O10Si2/c1-8-28-34(29-9-2,30-10-3)18-14-16-23(22(26)27,20(7)21(24)25)17-15-19-35(31-11-4,32-12-5)33-13-6/h7-19H2,1-6H3,(H,24,25)(H,26,27). The SMILES string of the molecule is C=C(C(=O)O)C(CCC[Si](OCC)(OCC)OCC)(CCC[Si](OCC)(OCC)OCC)C(=O)O. The van der Waals surface area contributed by atoms with Gasteiger partial charge in [0, 0.05) is 57.3 Å². The lowest BCUT2D eigenvalue weighted by molar-refractivity contribution is -0.151. The Morgan fingerprint density at radius 2 is 0.943 bits per heavy atom. The van der Waals surface area contributed by atoms with Gasteiger partial charge in [0.15, 0.2) is 0 Å². The van der Waals surface area contributed by atoms with Crippen LogP contribution in [-0.4, -0.2) is 79.4 Å². The Labute approximate surface area is 212 Å². The molecule has 0 amide bonds. The molecule has 0 aliphatic carbocycles. The van der Waals surface area contributed by atoms with Crippen LogP contribution in [0.15, 0.2) is 12.2 Å². The van der Waals surface area contributed by atoms with Gasteiger partial charge in [0.25, 0.3) is 0 Å². The largest absolute Gasteiger partial charge is 0.500 e. The van der Waals surface area contributed by atoms with Gasteiger partial charge >= 0.3 is 29.5 Å². The quantitative estimate of drug-likeness (QED) is 0.143. The highest BCUT2D eigenvalue weighted by Gasteiger charge is 2.48. The van der Waals surface area contributed by atoms with Crippen molar-refractivity contribution >= 4 is 29.5 Å². The summed E-state index contributed by atoms with van der Waals surface area (Å²) < 4.78 is 35.2. The number of carbonyl (C=O) groups is 2. The van der Waals surface area contributed by atoms with Crippen LogP contribution in [0.25, 0.3) is 0 Å². The molecule has 0 spiro atoms. The molecule has 0 saturated carbocycles. The maximum atomic E-state index is 12.5. The highest BCUT2D eigenvalue weighted by Crippen LogP contribution is 2.40. The maximum Gasteiger partial charge on any atom is 0.500 e. The first kappa shape index (κ1) is 33.9. The fourth-order valence-corrected chi connectivity index (χ4v) is 9.41. The highest BCUT2D eigenvalue weighted by molar-refractivity contribution is 6.61. The summed E-state index contributed by atoms with van der Waals surface area (Å²) in [6.07, 6.45) is 0.801. The molecular formula is C23H46O10Si2. The van der Waals surface area contributed by atoms with Crippen LogP contribution < -0.4 is 0 Å². The van der Waals surface area contributed by atoms with Crippen molar-refractivity contribution < 1.29 is 46.4 Å². The first-order valence-corrected chi connectivity index (χ1v) is 16.4. The lowest BCUT2D eigenvalue weighted by Gasteiger charge is -2.33. The van der Waals surface area contributed by atoms with Crippen LogP contribution in [0.3, 0.4) is 0 Å². The molecular weight excluding hydrogens is 492 g/mol. The molecule has 12 heteroatoms. The van der Waals surface area contributed by atoms with E-state index in [-0.39, 0.29) is 18.4 Å². The molecule has 206 valence electrons. The first-order chi connectivity index (χ1) is 16.6. The second-order valence-electron chi connectivity index (χ2n) is 7.84. The second-order valence-corrected chi connectivity index (χ2v) is 13.3. The second kappa shape index (κ2) is 17.4. The van der Waals surface area contributed by atoms with Crippen molar-refractivity contribution in [2.24, 2.45) is 5.41 Å². The van der Waals surface area contributed by atoms with Gasteiger partial charge in [0.1, 0.15) is 0 Å². The van der Waals surface area contributed by atoms with E-state index >= 15 is 0 Å². The number of hydrogen-bond donors (Lipinski definition) is 2. The van der Waals surface area contributed by atoms with Gasteiger partial charge in [-0.2, -0.15) is 0 Å². The van der Waals surface area contributed by atoms with Gasteiger partial charge < -0.3 is 36.8 Å². The minimum Gasteiger partial charge on any atom is -0.481 e. The summed E-state index contributed by atoms with van der Waals surface area (Å²) in [4.78, 5) is 24.4. The fraction of sp³-hybridized carbons (Fsp3) is 0.826. The molecule has 0 aromatic carbocycles. The molecule has 0 unspecified atom stereocenters. The summed E-state index contributed by atoms with van der Waals surface area (Å²) in [5.41, 5.74) is -2.01. The van der Waals surface area contributed by atoms with Crippen LogP contribution in [0, 0.1) is 5.41 Å². The minimum absolute atomic E-state index is 0.0574. The van der Waals surface area contributed by atoms with Gasteiger partial charge in [-0.3, -0.25) is 4.79 Å². The molecule has 0 bridgehead atoms. The molecule has 0 atom stereocenters. The van der Waals surface area contributed by atoms with Crippen molar-refractivity contribution in [3.05, 3.63) is 12.2 Å². The Morgan fingerprint density at radius 1 is 0.657 bits per heavy atom. The molecule has 0 rings (SSSR count). The topological polar surface area (TPSA) is 130 Å². The predicted molar refractivity (Wildman–Crippen MR) is 136 cm³/mol. The highest BCUT2D eigenvalue weighted by atomic mass is 28.4. The summed E-state index contributed by atoms with van der Waals surface area (Å²) >= 11 is 0. The van der Waals surface area contributed by atoms with Crippen molar-refractivity contribution in [2.45, 2.75) is 79.3 Å². The van der Waals surface area contributed by atoms with Crippen molar-refractivity contribution in [1.82, 2.24) is 0 Å². The average Bonchev–Trinajstić information content (AvgIpc) is 2.78. The van der Waals surface area contributed by atoms with E-state index in [9.17, 15) is 19.8 Å². The normalized spacial score (nSPS) is 12.6. The number of hydrogen-bond acceptors (Lipinski definition) is 8. The molecule has 10 nitrogen and oxygen atoms in total. The van der Waals surface area contributed by atoms with E-state index in [0.717, 1.165) is 0 Å². The van der Waals surface area contributed by atoms with E-state index in [1.54, 1.807) is 0 Å². The number of carboxylic acids is 2. The van der Waals surface area contributed by atoms with Crippen LogP contribution in [-0.2, 0) is 36.1 Å². The van der Waals surface area contributed by atoms with E-state index in [1.807, 2.05) is 41.5 Å². The van der Waals surface area contributed by atoms with Crippen molar-refractivity contribution in [2.75, 3.05) is 39.6 Å². The monoisotopic (exact) mass is 538 g/mol. The van der Waals surface area contributed by atoms with E-state index < -0.39 is 35.0 Å². The Balaban J connectivity index is 5.82. The van der Waals surface area contributed by atoms with Crippen molar-refractivity contribution in [3.63, 3.8) is 0 Å². The summed E-state index contributed by atoms with van der Waals surface area (Å²) in [5.74, 6) is -2.56. The summed E-state index contributed by atoms with van der Waals surface area (Å²) in [6, 6.07) is 0.750. The minimum atomic E-state index is -3.01. The van der Waals surface area contributed by atoms with Gasteiger partial charge in [-0.1, -0.05) is 6.58 Å². The van der Waals surface area contributed by atoms with Gasteiger partial charge in [0.05, 0.1) is 5.41 Å². The lowest BCUT2D eigenvalue weighted by atomic mass is 9.73. The summed E-state index contributed by atoms with van der Waals surface area (Å²) in [7, 11) is -6.02. The molecule has 0 radical (unpaired) electrons. The molecule has 0 aromatic rings. The van der Waals surface area contributed by atoms with Gasteiger partial charge in [-0.05, 0) is 67.2 Å². The van der Waals surface area contributed by atoms with Crippen LogP contribution in [0.1, 0.15) is 67.2 Å². The van der Waals surface area contributed by atoms with Crippen LogP contribution in [0.2, 0.25) is 12.1 Å². The zero-order valence-electron chi connectivity index (χ0n) is 22.4. The molecule has 0 saturated heterocycles. The molecule has 2 N–H and O–H groups in total. The van der Waals surface area contributed by atoms with Crippen LogP contribution in [0.4, 0.5) is 0 Å². The molecule has 0 heterocycles. The van der Waals surface area contributed by atoms with E-state index in [0.29, 0.717) is 64.6 Å². The third kappa shape index (κ3) is 10.4. The molecule has 0 fully saturated rings. The third-order valence-electron chi connectivity index (χ3n) is 5.60. The zero-order valence-corrected chi connectivity index (χ0v) is 24.4. The van der Waals surface area contributed by atoms with E-state index in [2.05, 4.69) is 6.58 Å². The lowest BCUT2D eigenvalue weighted by Crippen LogP contribution is -2.47. The van der Waals surface area contributed by atoms with Gasteiger partial charge in [-0.15, -0.1) is 0 Å². The third-order valence-corrected chi connectivity index (χ3v) is 11.9. The predicted octanol–water partition coefficient (Wildman–Crippen LogP) is 4.36. The number of rotatable bonds is 23. The van der Waals surface area contributed by atoms with Gasteiger partial charge in [0.2, 0.25) is 0 Å². The van der Waals surface area contributed by atoms with Crippen LogP contribution in [0.5, 0.6) is 0 Å². The maximum absolute atomic E-state index is 12.5. The molecule has 35 heavy (non-hydrogen) atoms. The van der Waals surface area contributed by atoms with Crippen LogP contribution >= 0.6 is 0 Å². The first-order valence-electron chi connectivity index (χ1n) is 12.6. The van der Waals surface area contributed by atoms with E-state index in [4.69, 9.17) is 26.6 Å². The summed E-state index contributed by atoms with van der Waals surface area (Å²) in [5, 5.41) is 19.9. The Kier molecular flexibility index (Phi) is 16.8.